The largest absolute Gasteiger partial charge is 0.480 e. The van der Waals surface area contributed by atoms with Gasteiger partial charge in [-0.05, 0) is 47.8 Å². The van der Waals surface area contributed by atoms with Crippen molar-refractivity contribution in [3.05, 3.63) is 10.2 Å². The van der Waals surface area contributed by atoms with Crippen LogP contribution >= 0.6 is 15.9 Å². The highest BCUT2D eigenvalue weighted by Crippen LogP contribution is 2.30. The van der Waals surface area contributed by atoms with Crippen molar-refractivity contribution >= 4 is 21.8 Å². The molecule has 4 heterocycles. The number of halogens is 1. The molecule has 1 amide bonds. The van der Waals surface area contributed by atoms with Crippen LogP contribution < -0.4 is 10.1 Å². The minimum Gasteiger partial charge on any atom is -0.480 e. The lowest BCUT2D eigenvalue weighted by atomic mass is 9.84. The lowest BCUT2D eigenvalue weighted by Gasteiger charge is -2.44. The number of methoxy groups -OCH3 is 1. The highest BCUT2D eigenvalue weighted by Gasteiger charge is 2.35. The van der Waals surface area contributed by atoms with Crippen molar-refractivity contribution in [1.82, 2.24) is 20.0 Å². The van der Waals surface area contributed by atoms with E-state index in [0.717, 1.165) is 19.6 Å². The van der Waals surface area contributed by atoms with Crippen LogP contribution in [-0.2, 0) is 7.05 Å². The molecule has 1 atom stereocenters. The van der Waals surface area contributed by atoms with Crippen LogP contribution in [-0.4, -0.2) is 53.4 Å². The maximum absolute atomic E-state index is 12.4. The van der Waals surface area contributed by atoms with Gasteiger partial charge in [-0.2, -0.15) is 5.10 Å². The van der Waals surface area contributed by atoms with E-state index in [-0.39, 0.29) is 11.9 Å². The third kappa shape index (κ3) is 2.33. The van der Waals surface area contributed by atoms with E-state index in [2.05, 4.69) is 31.2 Å². The van der Waals surface area contributed by atoms with Gasteiger partial charge in [-0.25, -0.2) is 4.68 Å². The van der Waals surface area contributed by atoms with Gasteiger partial charge in [0.15, 0.2) is 5.69 Å². The molecule has 1 aromatic rings. The number of nitrogens with one attached hydrogen (secondary N) is 1. The summed E-state index contributed by atoms with van der Waals surface area (Å²) in [5.74, 6) is 1.03. The van der Waals surface area contributed by atoms with Crippen molar-refractivity contribution in [1.29, 1.82) is 0 Å². The Bertz CT molecular complexity index is 523. The molecule has 4 rings (SSSR count). The molecule has 1 N–H and O–H groups in total. The summed E-state index contributed by atoms with van der Waals surface area (Å²) < 4.78 is 7.39. The number of nitrogens with zero attached hydrogens (tertiary/aromatic N) is 3. The SMILES string of the molecule is COc1c(Br)c(C(=O)NC2CN3CCC2CC3)nn1C. The summed E-state index contributed by atoms with van der Waals surface area (Å²) in [5.41, 5.74) is 0.390. The summed E-state index contributed by atoms with van der Waals surface area (Å²) in [5, 5.41) is 7.36. The molecule has 6 nitrogen and oxygen atoms in total. The third-order valence-electron chi connectivity index (χ3n) is 4.32. The standard InChI is InChI=1S/C13H19BrN4O2/c1-17-13(20-2)10(14)11(16-17)12(19)15-9-7-18-5-3-8(9)4-6-18/h8-9H,3-7H2,1-2H3,(H,15,19). The van der Waals surface area contributed by atoms with Gasteiger partial charge in [-0.1, -0.05) is 0 Å². The summed E-state index contributed by atoms with van der Waals surface area (Å²) in [6.45, 7) is 3.29. The fourth-order valence-electron chi connectivity index (χ4n) is 3.21. The lowest BCUT2D eigenvalue weighted by Crippen LogP contribution is -2.57. The van der Waals surface area contributed by atoms with E-state index in [1.807, 2.05) is 0 Å². The second-order valence-electron chi connectivity index (χ2n) is 5.51. The molecule has 3 aliphatic heterocycles. The smallest absolute Gasteiger partial charge is 0.273 e. The van der Waals surface area contributed by atoms with Gasteiger partial charge < -0.3 is 15.0 Å². The molecule has 110 valence electrons. The fourth-order valence-corrected chi connectivity index (χ4v) is 3.89. The van der Waals surface area contributed by atoms with Crippen LogP contribution in [0.1, 0.15) is 23.3 Å². The maximum Gasteiger partial charge on any atom is 0.273 e. The number of hydrogen-bond acceptors (Lipinski definition) is 4. The summed E-state index contributed by atoms with van der Waals surface area (Å²) in [6.07, 6.45) is 2.36. The van der Waals surface area contributed by atoms with Gasteiger partial charge in [-0.15, -0.1) is 0 Å². The zero-order valence-corrected chi connectivity index (χ0v) is 13.3. The average molecular weight is 343 g/mol. The lowest BCUT2D eigenvalue weighted by molar-refractivity contribution is 0.0617. The van der Waals surface area contributed by atoms with Crippen LogP contribution in [0, 0.1) is 5.92 Å². The molecular formula is C13H19BrN4O2. The molecule has 0 spiro atoms. The predicted octanol–water partition coefficient (Wildman–Crippen LogP) is 1.02. The van der Waals surface area contributed by atoms with Crippen molar-refractivity contribution in [2.24, 2.45) is 13.0 Å². The zero-order chi connectivity index (χ0) is 14.3. The van der Waals surface area contributed by atoms with Crippen molar-refractivity contribution in [3.8, 4) is 5.88 Å². The van der Waals surface area contributed by atoms with Gasteiger partial charge in [0.25, 0.3) is 5.91 Å². The molecule has 0 aromatic carbocycles. The number of rotatable bonds is 3. The normalized spacial score (nSPS) is 28.4. The van der Waals surface area contributed by atoms with Crippen LogP contribution in [0.5, 0.6) is 5.88 Å². The van der Waals surface area contributed by atoms with Crippen molar-refractivity contribution < 1.29 is 9.53 Å². The highest BCUT2D eigenvalue weighted by atomic mass is 79.9. The quantitative estimate of drug-likeness (QED) is 0.890. The van der Waals surface area contributed by atoms with Crippen molar-refractivity contribution in [2.45, 2.75) is 18.9 Å². The topological polar surface area (TPSA) is 59.4 Å². The van der Waals surface area contributed by atoms with Crippen LogP contribution in [0.2, 0.25) is 0 Å². The van der Waals surface area contributed by atoms with E-state index in [9.17, 15) is 4.79 Å². The Kier molecular flexibility index (Phi) is 3.72. The number of aromatic nitrogens is 2. The second kappa shape index (κ2) is 5.37. The maximum atomic E-state index is 12.4. The van der Waals surface area contributed by atoms with Crippen molar-refractivity contribution in [2.75, 3.05) is 26.7 Å². The van der Waals surface area contributed by atoms with E-state index in [1.165, 1.54) is 12.8 Å². The molecule has 1 aromatic heterocycles. The predicted molar refractivity (Wildman–Crippen MR) is 77.9 cm³/mol. The first kappa shape index (κ1) is 13.9. The number of fused-ring (bicyclic) bond motifs is 3. The number of piperidine rings is 3. The molecule has 1 unspecified atom stereocenters. The number of ether oxygens (including phenoxy) is 1. The Morgan fingerprint density at radius 2 is 2.15 bits per heavy atom. The van der Waals surface area contributed by atoms with Crippen LogP contribution in [0.25, 0.3) is 0 Å². The second-order valence-corrected chi connectivity index (χ2v) is 6.31. The van der Waals surface area contributed by atoms with Gasteiger partial charge in [-0.3, -0.25) is 4.79 Å². The molecule has 0 aliphatic carbocycles. The van der Waals surface area contributed by atoms with E-state index in [1.54, 1.807) is 18.8 Å². The van der Waals surface area contributed by atoms with Gasteiger partial charge in [0.1, 0.15) is 4.47 Å². The Balaban J connectivity index is 1.73. The summed E-state index contributed by atoms with van der Waals surface area (Å²) in [6, 6.07) is 0.241. The molecule has 0 saturated carbocycles. The third-order valence-corrected chi connectivity index (χ3v) is 5.04. The highest BCUT2D eigenvalue weighted by molar-refractivity contribution is 9.10. The number of aryl methyl sites for hydroxylation is 1. The summed E-state index contributed by atoms with van der Waals surface area (Å²) in [7, 11) is 3.32. The van der Waals surface area contributed by atoms with Gasteiger partial charge in [0, 0.05) is 19.6 Å². The zero-order valence-electron chi connectivity index (χ0n) is 11.7. The Morgan fingerprint density at radius 1 is 1.45 bits per heavy atom. The van der Waals surface area contributed by atoms with Crippen LogP contribution in [0.3, 0.4) is 0 Å². The Labute approximate surface area is 126 Å². The molecule has 0 radical (unpaired) electrons. The van der Waals surface area contributed by atoms with Crippen LogP contribution in [0.15, 0.2) is 4.47 Å². The molecular weight excluding hydrogens is 324 g/mol. The van der Waals surface area contributed by atoms with Gasteiger partial charge in [0.05, 0.1) is 7.11 Å². The molecule has 2 bridgehead atoms. The average Bonchev–Trinajstić information content (AvgIpc) is 2.75. The molecule has 3 aliphatic rings. The minimum absolute atomic E-state index is 0.130. The summed E-state index contributed by atoms with van der Waals surface area (Å²) in [4.78, 5) is 14.8. The van der Waals surface area contributed by atoms with E-state index < -0.39 is 0 Å². The Hall–Kier alpha value is -1.08. The number of hydrogen-bond donors (Lipinski definition) is 1. The molecule has 20 heavy (non-hydrogen) atoms. The first-order valence-corrected chi connectivity index (χ1v) is 7.69. The summed E-state index contributed by atoms with van der Waals surface area (Å²) >= 11 is 3.39. The number of carbonyl (C=O) groups excluding carboxylic acids is 1. The molecule has 3 fully saturated rings. The van der Waals surface area contributed by atoms with E-state index in [4.69, 9.17) is 4.74 Å². The number of amides is 1. The first-order chi connectivity index (χ1) is 9.60. The monoisotopic (exact) mass is 342 g/mol. The van der Waals surface area contributed by atoms with E-state index in [0.29, 0.717) is 22.0 Å². The number of carbonyl (C=O) groups is 1. The first-order valence-electron chi connectivity index (χ1n) is 6.90. The molecule has 7 heteroatoms. The van der Waals surface area contributed by atoms with E-state index >= 15 is 0 Å². The Morgan fingerprint density at radius 3 is 2.65 bits per heavy atom. The fraction of sp³-hybridized carbons (Fsp3) is 0.692. The molecule has 3 saturated heterocycles. The van der Waals surface area contributed by atoms with Gasteiger partial charge in [0.2, 0.25) is 5.88 Å². The van der Waals surface area contributed by atoms with Gasteiger partial charge >= 0.3 is 0 Å². The van der Waals surface area contributed by atoms with Crippen molar-refractivity contribution in [3.63, 3.8) is 0 Å². The van der Waals surface area contributed by atoms with Crippen LogP contribution in [0.4, 0.5) is 0 Å². The minimum atomic E-state index is -0.130.